The normalized spacial score (nSPS) is 15.5. The Morgan fingerprint density at radius 2 is 1.23 bits per heavy atom. The van der Waals surface area contributed by atoms with Crippen molar-refractivity contribution in [2.45, 2.75) is 131 Å². The molecule has 35 heavy (non-hydrogen) atoms. The van der Waals surface area contributed by atoms with Crippen molar-refractivity contribution in [3.63, 3.8) is 0 Å². The van der Waals surface area contributed by atoms with Crippen molar-refractivity contribution in [2.75, 3.05) is 13.2 Å². The zero-order valence-electron chi connectivity index (χ0n) is 23.9. The molecule has 0 fully saturated rings. The van der Waals surface area contributed by atoms with Gasteiger partial charge in [0, 0.05) is 0 Å². The second-order valence-corrected chi connectivity index (χ2v) is 12.4. The molecule has 0 aliphatic heterocycles. The smallest absolute Gasteiger partial charge is 0.404 e. The number of unbranched alkanes of at least 4 members (excludes halogenated alkanes) is 4. The van der Waals surface area contributed by atoms with Crippen molar-refractivity contribution in [3.05, 3.63) is 29.8 Å². The summed E-state index contributed by atoms with van der Waals surface area (Å²) >= 11 is 0. The number of phosphoric ester groups is 1. The molecule has 0 aromatic heterocycles. The Hall–Kier alpha value is -0.830. The van der Waals surface area contributed by atoms with E-state index in [1.807, 2.05) is 12.1 Å². The van der Waals surface area contributed by atoms with Crippen molar-refractivity contribution >= 4 is 7.82 Å². The maximum absolute atomic E-state index is 13.8. The summed E-state index contributed by atoms with van der Waals surface area (Å²) in [5.41, 5.74) is 1.37. The number of benzene rings is 1. The second-order valence-electron chi connectivity index (χ2n) is 10.8. The highest BCUT2D eigenvalue weighted by molar-refractivity contribution is 7.48. The van der Waals surface area contributed by atoms with Crippen LogP contribution in [0.3, 0.4) is 0 Å². The van der Waals surface area contributed by atoms with Gasteiger partial charge in [-0.05, 0) is 54.2 Å². The van der Waals surface area contributed by atoms with Crippen molar-refractivity contribution in [1.29, 1.82) is 0 Å². The highest BCUT2D eigenvalue weighted by atomic mass is 31.2. The average Bonchev–Trinajstić information content (AvgIpc) is 2.85. The van der Waals surface area contributed by atoms with Gasteiger partial charge in [-0.3, -0.25) is 9.05 Å². The Balaban J connectivity index is 2.93. The fourth-order valence-electron chi connectivity index (χ4n) is 4.34. The molecule has 0 N–H and O–H groups in total. The lowest BCUT2D eigenvalue weighted by Gasteiger charge is -2.26. The fraction of sp³-hybridized carbons (Fsp3) is 0.800. The van der Waals surface area contributed by atoms with Gasteiger partial charge in [-0.15, -0.1) is 0 Å². The second kappa shape index (κ2) is 17.6. The van der Waals surface area contributed by atoms with Gasteiger partial charge in [0.15, 0.2) is 0 Å². The molecule has 2 unspecified atom stereocenters. The summed E-state index contributed by atoms with van der Waals surface area (Å²) in [6.07, 6.45) is 13.6. The van der Waals surface area contributed by atoms with Gasteiger partial charge < -0.3 is 4.52 Å². The van der Waals surface area contributed by atoms with E-state index in [-0.39, 0.29) is 5.41 Å². The zero-order chi connectivity index (χ0) is 26.2. The number of hydrogen-bond donors (Lipinski definition) is 0. The minimum Gasteiger partial charge on any atom is -0.404 e. The maximum atomic E-state index is 13.8. The van der Waals surface area contributed by atoms with Crippen molar-refractivity contribution in [1.82, 2.24) is 0 Å². The van der Waals surface area contributed by atoms with Crippen LogP contribution < -0.4 is 4.52 Å². The first-order chi connectivity index (χ1) is 16.7. The molecule has 0 spiro atoms. The van der Waals surface area contributed by atoms with E-state index < -0.39 is 7.82 Å². The largest absolute Gasteiger partial charge is 0.530 e. The minimum absolute atomic E-state index is 0.103. The summed E-state index contributed by atoms with van der Waals surface area (Å²) in [5, 5.41) is 0. The van der Waals surface area contributed by atoms with E-state index in [1.165, 1.54) is 24.8 Å². The summed E-state index contributed by atoms with van der Waals surface area (Å²) in [7, 11) is -3.72. The first kappa shape index (κ1) is 32.2. The molecule has 0 bridgehead atoms. The average molecular weight is 511 g/mol. The van der Waals surface area contributed by atoms with E-state index in [1.54, 1.807) is 0 Å². The van der Waals surface area contributed by atoms with Crippen LogP contribution in [0, 0.1) is 11.8 Å². The Morgan fingerprint density at radius 3 is 1.66 bits per heavy atom. The molecular formula is C30H55O4P. The molecular weight excluding hydrogens is 455 g/mol. The van der Waals surface area contributed by atoms with Crippen LogP contribution in [0.1, 0.15) is 131 Å². The highest BCUT2D eigenvalue weighted by Gasteiger charge is 2.31. The Morgan fingerprint density at radius 1 is 0.743 bits per heavy atom. The van der Waals surface area contributed by atoms with Crippen molar-refractivity contribution < 1.29 is 18.1 Å². The summed E-state index contributed by atoms with van der Waals surface area (Å²) in [4.78, 5) is 0. The van der Waals surface area contributed by atoms with E-state index >= 15 is 0 Å². The Labute approximate surface area is 217 Å². The zero-order valence-corrected chi connectivity index (χ0v) is 24.8. The van der Waals surface area contributed by atoms with Gasteiger partial charge in [-0.1, -0.05) is 118 Å². The van der Waals surface area contributed by atoms with Crippen molar-refractivity contribution in [3.8, 4) is 5.75 Å². The molecule has 0 aliphatic carbocycles. The number of hydrogen-bond acceptors (Lipinski definition) is 4. The highest BCUT2D eigenvalue weighted by Crippen LogP contribution is 2.51. The topological polar surface area (TPSA) is 44.8 Å². The predicted molar refractivity (Wildman–Crippen MR) is 150 cm³/mol. The van der Waals surface area contributed by atoms with Crippen LogP contribution in [-0.4, -0.2) is 13.2 Å². The van der Waals surface area contributed by atoms with Crippen LogP contribution in [0.4, 0.5) is 0 Å². The summed E-state index contributed by atoms with van der Waals surface area (Å²) in [5.74, 6) is 1.28. The monoisotopic (exact) mass is 510 g/mol. The lowest BCUT2D eigenvalue weighted by molar-refractivity contribution is 0.115. The molecule has 1 aromatic rings. The van der Waals surface area contributed by atoms with Gasteiger partial charge in [0.25, 0.3) is 0 Å². The third-order valence-electron chi connectivity index (χ3n) is 7.28. The predicted octanol–water partition coefficient (Wildman–Crippen LogP) is 10.5. The first-order valence-electron chi connectivity index (χ1n) is 14.4. The molecule has 0 saturated heterocycles. The van der Waals surface area contributed by atoms with E-state index in [2.05, 4.69) is 60.6 Å². The van der Waals surface area contributed by atoms with Gasteiger partial charge in [0.1, 0.15) is 5.75 Å². The van der Waals surface area contributed by atoms with Crippen LogP contribution >= 0.6 is 7.82 Å². The number of phosphoric acid groups is 1. The molecule has 2 atom stereocenters. The molecule has 0 amide bonds. The molecule has 0 radical (unpaired) electrons. The van der Waals surface area contributed by atoms with Crippen LogP contribution in [0.2, 0.25) is 0 Å². The molecule has 4 nitrogen and oxygen atoms in total. The van der Waals surface area contributed by atoms with Crippen LogP contribution in [0.25, 0.3) is 0 Å². The van der Waals surface area contributed by atoms with Gasteiger partial charge in [0.05, 0.1) is 13.2 Å². The molecule has 204 valence electrons. The molecule has 0 saturated carbocycles. The third-order valence-corrected chi connectivity index (χ3v) is 8.65. The van der Waals surface area contributed by atoms with Crippen LogP contribution in [0.15, 0.2) is 24.3 Å². The third kappa shape index (κ3) is 12.8. The summed E-state index contributed by atoms with van der Waals surface area (Å²) in [6, 6.07) is 8.02. The molecule has 0 heterocycles. The van der Waals surface area contributed by atoms with Crippen LogP contribution in [-0.2, 0) is 19.0 Å². The van der Waals surface area contributed by atoms with E-state index in [0.717, 1.165) is 57.8 Å². The van der Waals surface area contributed by atoms with Crippen molar-refractivity contribution in [2.24, 2.45) is 11.8 Å². The Kier molecular flexibility index (Phi) is 16.2. The van der Waals surface area contributed by atoms with Gasteiger partial charge in [-0.25, -0.2) is 4.57 Å². The standard InChI is InChI=1S/C30H55O4P/c1-8-13-16-23-30(6,7)28-19-21-29(22-20-28)34-35(31,32-24-26(11-4)17-14-9-2)33-25-27(12-5)18-15-10-3/h19-22,26-27H,8-18,23-25H2,1-7H3. The molecule has 5 heteroatoms. The summed E-state index contributed by atoms with van der Waals surface area (Å²) < 4.78 is 31.7. The minimum atomic E-state index is -3.72. The van der Waals surface area contributed by atoms with Crippen LogP contribution in [0.5, 0.6) is 5.75 Å². The Bertz CT molecular complexity index is 677. The van der Waals surface area contributed by atoms with Gasteiger partial charge in [0.2, 0.25) is 0 Å². The molecule has 1 aromatic carbocycles. The molecule has 1 rings (SSSR count). The lowest BCUT2D eigenvalue weighted by Crippen LogP contribution is -2.17. The molecule has 0 aliphatic rings. The summed E-state index contributed by atoms with van der Waals surface area (Å²) in [6.45, 7) is 16.3. The SMILES string of the molecule is CCCCCC(C)(C)c1ccc(OP(=O)(OCC(CC)CCCC)OCC(CC)CCCC)cc1. The lowest BCUT2D eigenvalue weighted by atomic mass is 9.80. The fourth-order valence-corrected chi connectivity index (χ4v) is 5.68. The van der Waals surface area contributed by atoms with Gasteiger partial charge >= 0.3 is 7.82 Å². The van der Waals surface area contributed by atoms with E-state index in [0.29, 0.717) is 30.8 Å². The first-order valence-corrected chi connectivity index (χ1v) is 15.9. The maximum Gasteiger partial charge on any atom is 0.530 e. The van der Waals surface area contributed by atoms with E-state index in [4.69, 9.17) is 13.6 Å². The quantitative estimate of drug-likeness (QED) is 0.122. The van der Waals surface area contributed by atoms with Gasteiger partial charge in [-0.2, -0.15) is 0 Å². The van der Waals surface area contributed by atoms with E-state index in [9.17, 15) is 4.57 Å². The number of rotatable bonds is 21.